The van der Waals surface area contributed by atoms with E-state index in [-0.39, 0.29) is 18.8 Å². The van der Waals surface area contributed by atoms with E-state index in [1.54, 1.807) is 0 Å². The van der Waals surface area contributed by atoms with E-state index < -0.39 is 29.3 Å². The number of nitrogens with zero attached hydrogens (tertiary/aromatic N) is 5. The Morgan fingerprint density at radius 2 is 1.65 bits per heavy atom. The van der Waals surface area contributed by atoms with Gasteiger partial charge in [-0.15, -0.1) is 5.10 Å². The lowest BCUT2D eigenvalue weighted by Crippen LogP contribution is -2.49. The summed E-state index contributed by atoms with van der Waals surface area (Å²) in [5, 5.41) is 7.08. The molecule has 0 radical (unpaired) electrons. The predicted molar refractivity (Wildman–Crippen MR) is 106 cm³/mol. The number of hydrogen-bond acceptors (Lipinski definition) is 4. The molecule has 1 aliphatic heterocycles. The van der Waals surface area contributed by atoms with Crippen molar-refractivity contribution in [3.8, 4) is 5.69 Å². The van der Waals surface area contributed by atoms with Gasteiger partial charge in [-0.1, -0.05) is 17.3 Å². The van der Waals surface area contributed by atoms with Gasteiger partial charge in [0.1, 0.15) is 5.82 Å². The Labute approximate surface area is 175 Å². The molecule has 0 atom stereocenters. The van der Waals surface area contributed by atoms with Crippen molar-refractivity contribution in [2.75, 3.05) is 31.1 Å². The van der Waals surface area contributed by atoms with Crippen LogP contribution in [0.15, 0.2) is 48.5 Å². The van der Waals surface area contributed by atoms with Crippen molar-refractivity contribution < 1.29 is 22.4 Å². The number of halogens is 4. The number of aryl methyl sites for hydroxylation is 1. The highest BCUT2D eigenvalue weighted by Crippen LogP contribution is 2.33. The number of alkyl halides is 3. The van der Waals surface area contributed by atoms with Crippen LogP contribution in [0, 0.1) is 12.7 Å². The minimum atomic E-state index is -4.87. The topological polar surface area (TPSA) is 54.3 Å². The van der Waals surface area contributed by atoms with E-state index in [1.807, 2.05) is 31.2 Å². The Bertz CT molecular complexity index is 1090. The maximum absolute atomic E-state index is 13.8. The number of amides is 1. The van der Waals surface area contributed by atoms with E-state index in [0.29, 0.717) is 17.8 Å². The average molecular weight is 433 g/mol. The minimum Gasteiger partial charge on any atom is -0.368 e. The normalized spacial score (nSPS) is 14.7. The largest absolute Gasteiger partial charge is 0.435 e. The molecule has 3 aromatic rings. The van der Waals surface area contributed by atoms with Crippen LogP contribution in [0.4, 0.5) is 23.2 Å². The van der Waals surface area contributed by atoms with Crippen molar-refractivity contribution in [2.45, 2.75) is 13.1 Å². The van der Waals surface area contributed by atoms with Gasteiger partial charge in [-0.25, -0.2) is 9.07 Å². The molecule has 0 unspecified atom stereocenters. The number of hydrogen-bond donors (Lipinski definition) is 0. The molecule has 0 aliphatic carbocycles. The molecule has 0 bridgehead atoms. The van der Waals surface area contributed by atoms with E-state index in [0.717, 1.165) is 35.5 Å². The van der Waals surface area contributed by atoms with Gasteiger partial charge in [0.15, 0.2) is 11.4 Å². The third-order valence-electron chi connectivity index (χ3n) is 5.15. The Balaban J connectivity index is 1.57. The molecular weight excluding hydrogens is 414 g/mol. The quantitative estimate of drug-likeness (QED) is 0.592. The summed E-state index contributed by atoms with van der Waals surface area (Å²) in [7, 11) is 0. The summed E-state index contributed by atoms with van der Waals surface area (Å²) in [6.07, 6.45) is -4.87. The smallest absolute Gasteiger partial charge is 0.368 e. The molecule has 2 aromatic carbocycles. The summed E-state index contributed by atoms with van der Waals surface area (Å²) >= 11 is 0. The average Bonchev–Trinajstić information content (AvgIpc) is 3.20. The van der Waals surface area contributed by atoms with Gasteiger partial charge in [-0.2, -0.15) is 13.2 Å². The number of piperazine rings is 1. The van der Waals surface area contributed by atoms with Crippen LogP contribution in [0.3, 0.4) is 0 Å². The first-order valence-corrected chi connectivity index (χ1v) is 9.64. The lowest BCUT2D eigenvalue weighted by molar-refractivity contribution is -0.143. The molecule has 4 rings (SSSR count). The molecule has 0 spiro atoms. The van der Waals surface area contributed by atoms with Crippen molar-refractivity contribution in [3.05, 3.63) is 71.3 Å². The van der Waals surface area contributed by atoms with E-state index in [9.17, 15) is 22.4 Å². The maximum atomic E-state index is 13.8. The number of carbonyl (C=O) groups excluding carboxylic acids is 1. The predicted octanol–water partition coefficient (Wildman–Crippen LogP) is 3.70. The van der Waals surface area contributed by atoms with E-state index in [2.05, 4.69) is 15.2 Å². The molecule has 1 amide bonds. The number of carbonyl (C=O) groups is 1. The van der Waals surface area contributed by atoms with Crippen LogP contribution in [-0.4, -0.2) is 52.0 Å². The summed E-state index contributed by atoms with van der Waals surface area (Å²) in [4.78, 5) is 16.3. The third-order valence-corrected chi connectivity index (χ3v) is 5.15. The van der Waals surface area contributed by atoms with E-state index in [4.69, 9.17) is 0 Å². The molecule has 162 valence electrons. The van der Waals surface area contributed by atoms with Gasteiger partial charge in [-0.05, 0) is 48.9 Å². The zero-order chi connectivity index (χ0) is 22.2. The molecule has 2 heterocycles. The molecule has 1 fully saturated rings. The lowest BCUT2D eigenvalue weighted by atomic mass is 10.2. The van der Waals surface area contributed by atoms with Crippen molar-refractivity contribution in [3.63, 3.8) is 0 Å². The molecule has 0 N–H and O–H groups in total. The van der Waals surface area contributed by atoms with Gasteiger partial charge in [0.2, 0.25) is 0 Å². The number of benzene rings is 2. The molecule has 6 nitrogen and oxygen atoms in total. The van der Waals surface area contributed by atoms with Gasteiger partial charge in [0.05, 0.1) is 5.69 Å². The Hall–Kier alpha value is -3.43. The standard InChI is InChI=1S/C21H19F4N5O/c1-14-3-2-4-17(13-14)28-9-11-29(12-10-28)20(31)18-19(21(23,24)25)30(27-26-18)16-7-5-15(22)6-8-16/h2-8,13H,9-12H2,1H3. The zero-order valence-electron chi connectivity index (χ0n) is 16.6. The van der Waals surface area contributed by atoms with Gasteiger partial charge < -0.3 is 9.80 Å². The second kappa shape index (κ2) is 8.01. The highest BCUT2D eigenvalue weighted by atomic mass is 19.4. The number of anilines is 1. The van der Waals surface area contributed by atoms with Crippen LogP contribution >= 0.6 is 0 Å². The van der Waals surface area contributed by atoms with E-state index in [1.165, 1.54) is 4.90 Å². The fourth-order valence-electron chi connectivity index (χ4n) is 3.59. The first-order valence-electron chi connectivity index (χ1n) is 9.64. The van der Waals surface area contributed by atoms with Crippen LogP contribution in [0.25, 0.3) is 5.69 Å². The first kappa shape index (κ1) is 20.8. The Kier molecular flexibility index (Phi) is 5.38. The second-order valence-electron chi connectivity index (χ2n) is 7.29. The van der Waals surface area contributed by atoms with Crippen molar-refractivity contribution in [1.29, 1.82) is 0 Å². The van der Waals surface area contributed by atoms with Crippen molar-refractivity contribution in [1.82, 2.24) is 19.9 Å². The van der Waals surface area contributed by atoms with Crippen LogP contribution < -0.4 is 4.90 Å². The van der Waals surface area contributed by atoms with Crippen molar-refractivity contribution in [2.24, 2.45) is 0 Å². The van der Waals surface area contributed by atoms with Gasteiger partial charge in [0, 0.05) is 31.9 Å². The molecule has 0 saturated carbocycles. The molecule has 1 saturated heterocycles. The third kappa shape index (κ3) is 4.23. The van der Waals surface area contributed by atoms with Crippen LogP contribution in [0.2, 0.25) is 0 Å². The molecule has 10 heteroatoms. The first-order chi connectivity index (χ1) is 14.7. The highest BCUT2D eigenvalue weighted by molar-refractivity contribution is 5.93. The fourth-order valence-corrected chi connectivity index (χ4v) is 3.59. The van der Waals surface area contributed by atoms with Gasteiger partial charge in [-0.3, -0.25) is 4.79 Å². The molecular formula is C21H19F4N5O. The summed E-state index contributed by atoms with van der Waals surface area (Å²) in [5.74, 6) is -1.43. The SMILES string of the molecule is Cc1cccc(N2CCN(C(=O)c3nnn(-c4ccc(F)cc4)c3C(F)(F)F)CC2)c1. The maximum Gasteiger partial charge on any atom is 0.435 e. The summed E-state index contributed by atoms with van der Waals surface area (Å²) in [5.41, 5.74) is 0.0316. The van der Waals surface area contributed by atoms with Crippen LogP contribution in [-0.2, 0) is 6.18 Å². The number of rotatable bonds is 3. The van der Waals surface area contributed by atoms with Crippen molar-refractivity contribution >= 4 is 11.6 Å². The fraction of sp³-hybridized carbons (Fsp3) is 0.286. The summed E-state index contributed by atoms with van der Waals surface area (Å²) in [6, 6.07) is 12.2. The molecule has 31 heavy (non-hydrogen) atoms. The summed E-state index contributed by atoms with van der Waals surface area (Å²) < 4.78 is 55.1. The number of aromatic nitrogens is 3. The van der Waals surface area contributed by atoms with Crippen LogP contribution in [0.1, 0.15) is 21.7 Å². The summed E-state index contributed by atoms with van der Waals surface area (Å²) in [6.45, 7) is 3.47. The minimum absolute atomic E-state index is 0.0375. The van der Waals surface area contributed by atoms with Gasteiger partial charge in [0.25, 0.3) is 5.91 Å². The highest BCUT2D eigenvalue weighted by Gasteiger charge is 2.43. The van der Waals surface area contributed by atoms with Crippen LogP contribution in [0.5, 0.6) is 0 Å². The monoisotopic (exact) mass is 433 g/mol. The Morgan fingerprint density at radius 1 is 0.968 bits per heavy atom. The molecule has 1 aliphatic rings. The van der Waals surface area contributed by atoms with E-state index >= 15 is 0 Å². The second-order valence-corrected chi connectivity index (χ2v) is 7.29. The Morgan fingerprint density at radius 3 is 2.26 bits per heavy atom. The molecule has 1 aromatic heterocycles. The lowest BCUT2D eigenvalue weighted by Gasteiger charge is -2.36. The zero-order valence-corrected chi connectivity index (χ0v) is 16.6. The van der Waals surface area contributed by atoms with Gasteiger partial charge >= 0.3 is 6.18 Å².